The van der Waals surface area contributed by atoms with Crippen LogP contribution in [0.2, 0.25) is 0 Å². The largest absolute Gasteiger partial charge is 0.460 e. The van der Waals surface area contributed by atoms with Crippen LogP contribution in [0.1, 0.15) is 126 Å². The van der Waals surface area contributed by atoms with Gasteiger partial charge >= 0.3 is 5.97 Å². The molecule has 0 aromatic rings. The quantitative estimate of drug-likeness (QED) is 0.104. The van der Waals surface area contributed by atoms with Crippen LogP contribution in [0, 0.1) is 35.5 Å². The average molecular weight is 1040 g/mol. The third-order valence-corrected chi connectivity index (χ3v) is 15.2. The number of aliphatic hydroxyl groups is 3. The van der Waals surface area contributed by atoms with Crippen molar-refractivity contribution in [3.05, 3.63) is 47.6 Å². The summed E-state index contributed by atoms with van der Waals surface area (Å²) >= 11 is 1.93. The first-order valence-electron chi connectivity index (χ1n) is 24.1. The number of hydrogen-bond acceptors (Lipinski definition) is 13. The normalized spacial score (nSPS) is 39.3. The Morgan fingerprint density at radius 3 is 2.29 bits per heavy atom. The molecule has 3 aliphatic heterocycles. The van der Waals surface area contributed by atoms with E-state index in [4.69, 9.17) is 23.7 Å². The summed E-state index contributed by atoms with van der Waals surface area (Å²) in [5.41, 5.74) is 2.11. The summed E-state index contributed by atoms with van der Waals surface area (Å²) in [5, 5.41) is 34.1. The van der Waals surface area contributed by atoms with Crippen molar-refractivity contribution in [3.63, 3.8) is 0 Å². The molecule has 2 saturated heterocycles. The van der Waals surface area contributed by atoms with Gasteiger partial charge in [-0.15, -0.1) is 0 Å². The van der Waals surface area contributed by atoms with Gasteiger partial charge in [0.05, 0.1) is 47.3 Å². The van der Waals surface area contributed by atoms with Gasteiger partial charge in [-0.3, -0.25) is 14.4 Å². The van der Waals surface area contributed by atoms with Gasteiger partial charge in [-0.1, -0.05) is 71.1 Å². The van der Waals surface area contributed by atoms with Crippen molar-refractivity contribution in [2.24, 2.45) is 38.7 Å². The molecule has 1 aliphatic carbocycles. The van der Waals surface area contributed by atoms with E-state index in [1.165, 1.54) is 12.0 Å². The molecule has 0 aromatic heterocycles. The van der Waals surface area contributed by atoms with Gasteiger partial charge in [-0.25, -0.2) is 8.00 Å². The topological polar surface area (TPSA) is 191 Å². The number of cyclic esters (lactones) is 1. The summed E-state index contributed by atoms with van der Waals surface area (Å²) in [6.07, 6.45) is 12.9. The van der Waals surface area contributed by atoms with Crippen LogP contribution in [0.5, 0.6) is 0 Å². The number of aliphatic hydroxyl groups excluding tert-OH is 2. The molecule has 0 spiro atoms. The number of halogens is 1. The lowest BCUT2D eigenvalue weighted by Gasteiger charge is -2.42. The van der Waals surface area contributed by atoms with Crippen molar-refractivity contribution in [3.8, 4) is 0 Å². The Morgan fingerprint density at radius 2 is 1.62 bits per heavy atom. The van der Waals surface area contributed by atoms with Crippen molar-refractivity contribution in [1.29, 1.82) is 0 Å². The molecule has 15 heteroatoms. The zero-order valence-electron chi connectivity index (χ0n) is 41.0. The lowest BCUT2D eigenvalue weighted by atomic mass is 9.78. The van der Waals surface area contributed by atoms with Crippen LogP contribution in [0.25, 0.3) is 0 Å². The predicted octanol–water partition coefficient (Wildman–Crippen LogP) is 7.40. The molecule has 0 radical (unpaired) electrons. The van der Waals surface area contributed by atoms with Gasteiger partial charge in [0.15, 0.2) is 5.78 Å². The number of piperidine rings is 1. The molecular weight excluding hydrogens is 959 g/mol. The molecule has 2 bridgehead atoms. The van der Waals surface area contributed by atoms with E-state index in [1.807, 2.05) is 93.9 Å². The number of esters is 1. The van der Waals surface area contributed by atoms with E-state index in [1.54, 1.807) is 28.1 Å². The van der Waals surface area contributed by atoms with Gasteiger partial charge in [-0.2, -0.15) is 0 Å². The lowest BCUT2D eigenvalue weighted by Crippen LogP contribution is -2.61. The Morgan fingerprint density at radius 1 is 0.894 bits per heavy atom. The van der Waals surface area contributed by atoms with E-state index >= 15 is 0 Å². The van der Waals surface area contributed by atoms with Crippen LogP contribution >= 0.6 is 22.9 Å². The molecule has 0 aromatic carbocycles. The number of amides is 1. The van der Waals surface area contributed by atoms with E-state index in [0.717, 1.165) is 12.0 Å². The number of carbonyl (C=O) groups is 4. The standard InChI is InChI=1S/C51H79IN2O12/c1-30-16-12-11-13-17-31(2)42(62-8)28-38-21-19-36(7)51(61,66-38)48(58)49(59)54-23-15-14-18-40(54)50(60)65-43(33(4)26-37-20-22-41(55)44(27-37)63-9)29-39(53-52)32(3)25-35(6)46(57)47(64-10)45(56)34(5)24-30/h11-13,16-17,25,30,32-34,36-38,40-44,46-47,55,57,61H,14-15,18-24,26-29H2,1-10H3/b13-11?,16-12+,31-17?,35-25+,53-39?/t30-,32-,33-,34-,36-,37+,38+,40+,41-,42+,43+,44-,46-,47+,51-/m1/s1. The van der Waals surface area contributed by atoms with Crippen LogP contribution in [0.15, 0.2) is 50.8 Å². The summed E-state index contributed by atoms with van der Waals surface area (Å²) in [6, 6.07) is -1.07. The van der Waals surface area contributed by atoms with Crippen molar-refractivity contribution >= 4 is 52.0 Å². The Kier molecular flexibility index (Phi) is 22.4. The van der Waals surface area contributed by atoms with Gasteiger partial charge in [0.1, 0.15) is 24.4 Å². The Bertz CT molecular complexity index is 1800. The van der Waals surface area contributed by atoms with Crippen LogP contribution in [-0.4, -0.2) is 132 Å². The zero-order chi connectivity index (χ0) is 48.9. The second kappa shape index (κ2) is 26.4. The van der Waals surface area contributed by atoms with Gasteiger partial charge in [-0.05, 0) is 107 Å². The molecule has 4 aliphatic rings. The molecule has 3 N–H and O–H groups in total. The van der Waals surface area contributed by atoms with Crippen molar-refractivity contribution in [2.75, 3.05) is 27.9 Å². The number of Topliss-reactive ketones (excluding diaryl/α,β-unsaturated/α-hetero) is 2. The summed E-state index contributed by atoms with van der Waals surface area (Å²) < 4.78 is 34.4. The third kappa shape index (κ3) is 14.7. The first kappa shape index (κ1) is 56.0. The molecule has 1 saturated carbocycles. The Hall–Kier alpha value is -2.64. The summed E-state index contributed by atoms with van der Waals surface area (Å²) in [7, 11) is 4.61. The van der Waals surface area contributed by atoms with Crippen molar-refractivity contribution in [2.45, 2.75) is 180 Å². The lowest BCUT2D eigenvalue weighted by molar-refractivity contribution is -0.265. The van der Waals surface area contributed by atoms with E-state index in [-0.39, 0.29) is 54.9 Å². The highest BCUT2D eigenvalue weighted by atomic mass is 127. The summed E-state index contributed by atoms with van der Waals surface area (Å²) in [4.78, 5) is 58.1. The molecule has 4 rings (SSSR count). The number of fused-ring (bicyclic) bond motifs is 3. The van der Waals surface area contributed by atoms with Crippen LogP contribution in [0.4, 0.5) is 0 Å². The highest BCUT2D eigenvalue weighted by Crippen LogP contribution is 2.38. The number of allylic oxidation sites excluding steroid dienone is 6. The summed E-state index contributed by atoms with van der Waals surface area (Å²) in [6.45, 7) is 13.3. The molecule has 0 unspecified atom stereocenters. The smallest absolute Gasteiger partial charge is 0.329 e. The second-order valence-electron chi connectivity index (χ2n) is 19.7. The minimum atomic E-state index is -2.40. The van der Waals surface area contributed by atoms with Crippen LogP contribution < -0.4 is 0 Å². The Labute approximate surface area is 407 Å². The van der Waals surface area contributed by atoms with Gasteiger partial charge in [0.25, 0.3) is 11.7 Å². The minimum absolute atomic E-state index is 0.0469. The number of ether oxygens (including phenoxy) is 5. The van der Waals surface area contributed by atoms with Crippen molar-refractivity contribution < 1.29 is 58.2 Å². The highest BCUT2D eigenvalue weighted by molar-refractivity contribution is 14.1. The average Bonchev–Trinajstić information content (AvgIpc) is 3.30. The SMILES string of the molecule is CO[C@H]1C[C@@H]2CC[C@@H](C)[C@@](O)(O2)C(=O)C(=O)N2CCCC[C@H]2C(=O)O[C@H]([C@H](C)C[C@@H]2CC[C@@H](O)[C@H](OC)C2)CC(=NI)[C@H](C)/C=C(\C)[C@@H](O)[C@@H](OC)C(=O)[C@H](C)C[C@H](C)/C=C/C=CC=C1C. The summed E-state index contributed by atoms with van der Waals surface area (Å²) in [5.74, 6) is -6.73. The van der Waals surface area contributed by atoms with Gasteiger partial charge < -0.3 is 43.9 Å². The number of ketones is 2. The Balaban J connectivity index is 1.73. The third-order valence-electron chi connectivity index (χ3n) is 14.6. The van der Waals surface area contributed by atoms with E-state index in [0.29, 0.717) is 69.1 Å². The molecule has 372 valence electrons. The first-order chi connectivity index (χ1) is 31.3. The predicted molar refractivity (Wildman–Crippen MR) is 262 cm³/mol. The maximum absolute atomic E-state index is 14.5. The number of nitrogens with zero attached hydrogens (tertiary/aromatic N) is 2. The zero-order valence-corrected chi connectivity index (χ0v) is 43.2. The number of hydrogen-bond donors (Lipinski definition) is 3. The number of carbonyl (C=O) groups excluding carboxylic acids is 4. The number of rotatable bonds is 6. The van der Waals surface area contributed by atoms with E-state index < -0.39 is 77.9 Å². The first-order valence-corrected chi connectivity index (χ1v) is 25.1. The monoisotopic (exact) mass is 1040 g/mol. The van der Waals surface area contributed by atoms with Gasteiger partial charge in [0, 0.05) is 64.2 Å². The minimum Gasteiger partial charge on any atom is -0.460 e. The van der Waals surface area contributed by atoms with Crippen molar-refractivity contribution in [1.82, 2.24) is 4.90 Å². The van der Waals surface area contributed by atoms with E-state index in [9.17, 15) is 34.5 Å². The van der Waals surface area contributed by atoms with Crippen LogP contribution in [0.3, 0.4) is 0 Å². The number of methoxy groups -OCH3 is 3. The molecule has 66 heavy (non-hydrogen) atoms. The molecule has 1 amide bonds. The highest BCUT2D eigenvalue weighted by Gasteiger charge is 2.53. The molecule has 3 fully saturated rings. The fourth-order valence-electron chi connectivity index (χ4n) is 10.2. The fourth-order valence-corrected chi connectivity index (χ4v) is 10.9. The molecule has 15 atom stereocenters. The maximum atomic E-state index is 14.5. The maximum Gasteiger partial charge on any atom is 0.329 e. The molecule has 14 nitrogen and oxygen atoms in total. The van der Waals surface area contributed by atoms with Crippen LogP contribution in [-0.2, 0) is 42.9 Å². The van der Waals surface area contributed by atoms with E-state index in [2.05, 4.69) is 3.21 Å². The fraction of sp³-hybridized carbons (Fsp3) is 0.745. The van der Waals surface area contributed by atoms with Gasteiger partial charge in [0.2, 0.25) is 5.79 Å². The second-order valence-corrected chi connectivity index (χ2v) is 20.2. The molecule has 3 heterocycles. The molecular formula is C51H79IN2O12.